The molecule has 7 heteroatoms. The van der Waals surface area contributed by atoms with Gasteiger partial charge < -0.3 is 15.3 Å². The molecule has 134 valence electrons. The third-order valence-corrected chi connectivity index (χ3v) is 4.31. The van der Waals surface area contributed by atoms with Crippen LogP contribution in [0.4, 0.5) is 14.5 Å². The molecule has 3 aromatic rings. The molecule has 0 atom stereocenters. The van der Waals surface area contributed by atoms with Gasteiger partial charge in [-0.15, -0.1) is 0 Å². The van der Waals surface area contributed by atoms with Gasteiger partial charge in [0.1, 0.15) is 17.3 Å². The number of rotatable bonds is 4. The van der Waals surface area contributed by atoms with Crippen molar-refractivity contribution in [3.63, 3.8) is 0 Å². The van der Waals surface area contributed by atoms with Crippen molar-refractivity contribution < 1.29 is 13.6 Å². The van der Waals surface area contributed by atoms with Gasteiger partial charge in [0.15, 0.2) is 5.78 Å². The fraction of sp³-hybridized carbons (Fsp3) is 0.158. The quantitative estimate of drug-likeness (QED) is 0.491. The lowest BCUT2D eigenvalue weighted by molar-refractivity contribution is 0.104. The summed E-state index contributed by atoms with van der Waals surface area (Å²) in [5.74, 6) is -1.78. The van der Waals surface area contributed by atoms with Crippen LogP contribution < -0.4 is 11.0 Å². The molecule has 1 heterocycles. The molecular weight excluding hydrogens is 340 g/mol. The smallest absolute Gasteiger partial charge is 0.323 e. The van der Waals surface area contributed by atoms with Crippen molar-refractivity contribution in [1.29, 1.82) is 0 Å². The second kappa shape index (κ2) is 6.59. The third-order valence-electron chi connectivity index (χ3n) is 4.31. The summed E-state index contributed by atoms with van der Waals surface area (Å²) in [6, 6.07) is 5.60. The molecule has 0 aliphatic heterocycles. The van der Waals surface area contributed by atoms with Gasteiger partial charge in [-0.05, 0) is 60.9 Å². The summed E-state index contributed by atoms with van der Waals surface area (Å²) in [7, 11) is 1.43. The van der Waals surface area contributed by atoms with Gasteiger partial charge >= 0.3 is 5.69 Å². The van der Waals surface area contributed by atoms with Crippen LogP contribution in [-0.2, 0) is 0 Å². The van der Waals surface area contributed by atoms with E-state index in [-0.39, 0.29) is 22.7 Å². The fourth-order valence-electron chi connectivity index (χ4n) is 2.91. The van der Waals surface area contributed by atoms with Crippen LogP contribution in [0, 0.1) is 18.6 Å². The second-order valence-corrected chi connectivity index (χ2v) is 6.00. The van der Waals surface area contributed by atoms with Gasteiger partial charge in [-0.2, -0.15) is 0 Å². The van der Waals surface area contributed by atoms with Crippen LogP contribution in [0.3, 0.4) is 0 Å². The number of ketones is 1. The van der Waals surface area contributed by atoms with Gasteiger partial charge in [-0.3, -0.25) is 4.79 Å². The molecule has 3 rings (SSSR count). The Morgan fingerprint density at radius 2 is 1.81 bits per heavy atom. The van der Waals surface area contributed by atoms with Crippen LogP contribution in [-0.4, -0.2) is 22.8 Å². The van der Waals surface area contributed by atoms with Crippen LogP contribution in [0.1, 0.15) is 28.4 Å². The molecule has 0 saturated carbocycles. The lowest BCUT2D eigenvalue weighted by Crippen LogP contribution is -2.02. The van der Waals surface area contributed by atoms with Crippen molar-refractivity contribution in [3.05, 3.63) is 69.2 Å². The summed E-state index contributed by atoms with van der Waals surface area (Å²) >= 11 is 0. The molecule has 0 aliphatic rings. The molecular formula is C19H17F2N3O2. The van der Waals surface area contributed by atoms with Crippen LogP contribution in [0.2, 0.25) is 0 Å². The summed E-state index contributed by atoms with van der Waals surface area (Å²) < 4.78 is 27.8. The molecule has 0 bridgehead atoms. The minimum Gasteiger partial charge on any atom is -0.383 e. The van der Waals surface area contributed by atoms with E-state index in [0.29, 0.717) is 27.7 Å². The standard InChI is InChI=1S/C19H17F2N3O2/c1-9(11-7-13(20)18(22-3)14(21)8-11)6-16(25)12-4-5-15-17(10(12)2)24-19(26)23-15/h4-8,22H,1-3H3,(H2,23,24,26)/b9-6+. The molecule has 5 nitrogen and oxygen atoms in total. The molecule has 26 heavy (non-hydrogen) atoms. The van der Waals surface area contributed by atoms with E-state index in [2.05, 4.69) is 15.3 Å². The summed E-state index contributed by atoms with van der Waals surface area (Å²) in [5.41, 5.74) is 2.33. The number of aryl methyl sites for hydroxylation is 1. The van der Waals surface area contributed by atoms with Gasteiger partial charge in [0.25, 0.3) is 0 Å². The minimum absolute atomic E-state index is 0.217. The number of anilines is 1. The highest BCUT2D eigenvalue weighted by Crippen LogP contribution is 2.25. The zero-order chi connectivity index (χ0) is 19.0. The fourth-order valence-corrected chi connectivity index (χ4v) is 2.91. The maximum absolute atomic E-state index is 13.9. The monoisotopic (exact) mass is 357 g/mol. The average molecular weight is 357 g/mol. The molecule has 0 fully saturated rings. The topological polar surface area (TPSA) is 77.8 Å². The Morgan fingerprint density at radius 1 is 1.15 bits per heavy atom. The first-order valence-electron chi connectivity index (χ1n) is 7.93. The molecule has 2 aromatic carbocycles. The van der Waals surface area contributed by atoms with E-state index in [0.717, 1.165) is 0 Å². The number of benzene rings is 2. The van der Waals surface area contributed by atoms with E-state index >= 15 is 0 Å². The first-order valence-corrected chi connectivity index (χ1v) is 7.93. The van der Waals surface area contributed by atoms with Crippen LogP contribution in [0.25, 0.3) is 16.6 Å². The number of hydrogen-bond acceptors (Lipinski definition) is 3. The number of nitrogens with one attached hydrogen (secondary N) is 3. The lowest BCUT2D eigenvalue weighted by Gasteiger charge is -2.08. The Balaban J connectivity index is 2.01. The van der Waals surface area contributed by atoms with Crippen molar-refractivity contribution in [2.75, 3.05) is 12.4 Å². The number of carbonyl (C=O) groups excluding carboxylic acids is 1. The number of imidazole rings is 1. The predicted octanol–water partition coefficient (Wildman–Crippen LogP) is 3.77. The normalized spacial score (nSPS) is 11.8. The number of aromatic nitrogens is 2. The van der Waals surface area contributed by atoms with Crippen molar-refractivity contribution >= 4 is 28.1 Å². The first kappa shape index (κ1) is 17.6. The third kappa shape index (κ3) is 3.03. The molecule has 0 unspecified atom stereocenters. The largest absolute Gasteiger partial charge is 0.383 e. The number of carbonyl (C=O) groups is 1. The van der Waals surface area contributed by atoms with Gasteiger partial charge in [0.2, 0.25) is 0 Å². The van der Waals surface area contributed by atoms with E-state index in [9.17, 15) is 18.4 Å². The predicted molar refractivity (Wildman–Crippen MR) is 97.5 cm³/mol. The Bertz CT molecular complexity index is 1090. The maximum Gasteiger partial charge on any atom is 0.323 e. The Kier molecular flexibility index (Phi) is 4.46. The van der Waals surface area contributed by atoms with E-state index in [1.165, 1.54) is 25.3 Å². The van der Waals surface area contributed by atoms with Crippen molar-refractivity contribution in [2.45, 2.75) is 13.8 Å². The van der Waals surface area contributed by atoms with E-state index in [1.54, 1.807) is 26.0 Å². The van der Waals surface area contributed by atoms with Gasteiger partial charge in [0.05, 0.1) is 11.0 Å². The van der Waals surface area contributed by atoms with Crippen molar-refractivity contribution in [3.8, 4) is 0 Å². The summed E-state index contributed by atoms with van der Waals surface area (Å²) in [6.45, 7) is 3.33. The lowest BCUT2D eigenvalue weighted by atomic mass is 9.99. The molecule has 0 radical (unpaired) electrons. The second-order valence-electron chi connectivity index (χ2n) is 6.00. The van der Waals surface area contributed by atoms with E-state index < -0.39 is 11.6 Å². The first-order chi connectivity index (χ1) is 12.3. The maximum atomic E-state index is 13.9. The molecule has 0 aliphatic carbocycles. The summed E-state index contributed by atoms with van der Waals surface area (Å²) in [4.78, 5) is 29.3. The highest BCUT2D eigenvalue weighted by molar-refractivity contribution is 6.11. The number of H-pyrrole nitrogens is 2. The molecule has 0 amide bonds. The summed E-state index contributed by atoms with van der Waals surface area (Å²) in [5, 5.41) is 2.45. The van der Waals surface area contributed by atoms with Crippen LogP contribution in [0.5, 0.6) is 0 Å². The zero-order valence-corrected chi connectivity index (χ0v) is 14.5. The highest BCUT2D eigenvalue weighted by Gasteiger charge is 2.14. The molecule has 0 saturated heterocycles. The highest BCUT2D eigenvalue weighted by atomic mass is 19.1. The van der Waals surface area contributed by atoms with E-state index in [1.807, 2.05) is 0 Å². The average Bonchev–Trinajstić information content (AvgIpc) is 2.96. The number of halogens is 2. The summed E-state index contributed by atoms with van der Waals surface area (Å²) in [6.07, 6.45) is 1.33. The van der Waals surface area contributed by atoms with E-state index in [4.69, 9.17) is 0 Å². The minimum atomic E-state index is -0.731. The number of fused-ring (bicyclic) bond motifs is 1. The van der Waals surface area contributed by atoms with Crippen molar-refractivity contribution in [1.82, 2.24) is 9.97 Å². The molecule has 3 N–H and O–H groups in total. The molecule has 0 spiro atoms. The number of aromatic amines is 2. The zero-order valence-electron chi connectivity index (χ0n) is 14.5. The SMILES string of the molecule is CNc1c(F)cc(/C(C)=C/C(=O)c2ccc3[nH]c(=O)[nH]c3c2C)cc1F. The van der Waals surface area contributed by atoms with Crippen LogP contribution in [0.15, 0.2) is 35.1 Å². The van der Waals surface area contributed by atoms with Crippen LogP contribution >= 0.6 is 0 Å². The van der Waals surface area contributed by atoms with Crippen molar-refractivity contribution in [2.24, 2.45) is 0 Å². The Labute approximate surface area is 147 Å². The Hall–Kier alpha value is -3.22. The van der Waals surface area contributed by atoms with Gasteiger partial charge in [0, 0.05) is 12.6 Å². The molecule has 1 aromatic heterocycles. The van der Waals surface area contributed by atoms with Gasteiger partial charge in [-0.25, -0.2) is 13.6 Å². The number of allylic oxidation sites excluding steroid dienone is 2. The Morgan fingerprint density at radius 3 is 2.42 bits per heavy atom. The van der Waals surface area contributed by atoms with Gasteiger partial charge in [-0.1, -0.05) is 0 Å². The number of hydrogen-bond donors (Lipinski definition) is 3.